The van der Waals surface area contributed by atoms with Gasteiger partial charge in [-0.15, -0.1) is 11.8 Å². The zero-order chi connectivity index (χ0) is 97.5. The zero-order valence-electron chi connectivity index (χ0n) is 79.1. The number of carbonyl (C=O) groups excluding carboxylic acids is 7. The number of morpholine rings is 1. The van der Waals surface area contributed by atoms with Crippen molar-refractivity contribution in [2.24, 2.45) is 23.7 Å². The lowest BCUT2D eigenvalue weighted by molar-refractivity contribution is -0.129. The van der Waals surface area contributed by atoms with E-state index in [1.165, 1.54) is 106 Å². The number of allylic oxidation sites excluding steroid dienone is 2. The van der Waals surface area contributed by atoms with Gasteiger partial charge in [0, 0.05) is 109 Å². The number of nitrogens with zero attached hydrogens (tertiary/aromatic N) is 5. The van der Waals surface area contributed by atoms with Gasteiger partial charge in [-0.3, -0.25) is 44.1 Å². The molecule has 27 nitrogen and oxygen atoms in total. The zero-order valence-corrected chi connectivity index (χ0v) is 79.9. The molecule has 4 N–H and O–H groups in total. The van der Waals surface area contributed by atoms with Gasteiger partial charge in [-0.05, 0) is 191 Å². The van der Waals surface area contributed by atoms with Crippen LogP contribution in [0.3, 0.4) is 0 Å². The van der Waals surface area contributed by atoms with Crippen LogP contribution in [-0.2, 0) is 75.7 Å². The summed E-state index contributed by atoms with van der Waals surface area (Å²) < 4.78 is 59.7. The monoisotopic (exact) mass is 1890 g/mol. The number of para-hydroxylation sites is 3. The number of Topliss-reactive ketones (excluding diaryl/α,β-unsaturated/α-hetero) is 1. The Kier molecular flexibility index (Phi) is 34.6. The molecule has 28 heteroatoms. The number of hydrogen-bond acceptors (Lipinski definition) is 26. The van der Waals surface area contributed by atoms with Crippen molar-refractivity contribution in [3.05, 3.63) is 316 Å². The number of nitrogens with one attached hydrogen (secondary N) is 1. The van der Waals surface area contributed by atoms with E-state index in [4.69, 9.17) is 51.8 Å². The van der Waals surface area contributed by atoms with Crippen LogP contribution in [0.15, 0.2) is 248 Å². The smallest absolute Gasteiger partial charge is 0.340 e. The van der Waals surface area contributed by atoms with E-state index >= 15 is 0 Å². The number of furan rings is 1. The number of phenolic OH excluding ortho intramolecular Hbond substituents is 3. The van der Waals surface area contributed by atoms with Crippen molar-refractivity contribution in [3.8, 4) is 57.5 Å². The van der Waals surface area contributed by atoms with Crippen molar-refractivity contribution in [2.75, 3.05) is 83.1 Å². The molecular formula is C110H118N6O21S. The molecule has 3 aliphatic carbocycles. The summed E-state index contributed by atoms with van der Waals surface area (Å²) in [6.45, 7) is 22.8. The lowest BCUT2D eigenvalue weighted by Gasteiger charge is -2.35. The fraction of sp³-hybridized carbons (Fsp3) is 0.327. The Morgan fingerprint density at radius 3 is 2.03 bits per heavy atom. The van der Waals surface area contributed by atoms with Crippen LogP contribution in [0.1, 0.15) is 141 Å². The number of rotatable bonds is 22. The van der Waals surface area contributed by atoms with Gasteiger partial charge in [-0.2, -0.15) is 0 Å². The number of esters is 2. The molecule has 7 atom stereocenters. The molecule has 2 bridgehead atoms. The molecule has 20 rings (SSSR count). The number of phenols is 3. The second-order valence-corrected chi connectivity index (χ2v) is 35.7. The average Bonchev–Trinajstić information content (AvgIpc) is 1.56. The SMILES string of the molecule is C=CC(=O)Oc1cccc(N2C(=O)C3C4C=CC(C4)C3C2=O)c1.CC(=O)C1CSC(c2ccccc2O)N1.CCOC(=O)c1ccccc1N1C(=O)C=CC1=O.COc1ccc(C(c2cc3c(cc2O)OCO3)N2CCOCC2)cc1OC.COc1ccccc1COc1ccc(C)cc1.Cc1cc(CN2CCc3occc3C2)cc(C)c1C.Oc1ccc(COC2CCCCC2)c2cccnc12. The standard InChI is InChI=1S/C20H23NO6.C18H15NO4.C17H21NO.C16H19NO2.C15H16O2.C13H11NO4.C11H13NO2S/c1-23-16-4-3-13(9-17(16)24-2)20(21-5-7-25-8-6-21)14-10-18-19(11-15(14)22)27-12-26-18;1-2-14(20)23-13-5-3-4-12(9-13)19-17(21)15-10-6-7-11(8-10)16(15)18(19)22;1-12-8-15(9-13(2)14(12)3)10-18-6-4-17-16(11-18)5-7-19-17;18-15-9-8-12(14-7-4-10-17-16(14)15)11-19-13-5-2-1-3-6-13;1-12-7-9-14(10-8-12)17-11-13-5-3-4-6-15(13)16-2;1-2-18-13(17)9-5-3-4-6-10(9)14-11(15)7-8-12(14)16;1-7(13)9-6-15-11(12-9)8-4-2-3-5-10(8)14/h3-4,9-11,20,22H,5-8,12H2,1-2H3;2-7,9-11,15-16H,1,8H2;5,7-9H,4,6,10-11H2,1-3H3;4,7-10,13,18H,1-3,5-6,11H2;3-10H,11H2,1-2H3;3-8H,2H2,1H3;2-5,9,11-12,14H,6H2,1H3. The number of pyridine rings is 1. The van der Waals surface area contributed by atoms with Gasteiger partial charge in [0.05, 0.1) is 106 Å². The van der Waals surface area contributed by atoms with Crippen molar-refractivity contribution in [3.63, 3.8) is 0 Å². The predicted molar refractivity (Wildman–Crippen MR) is 526 cm³/mol. The van der Waals surface area contributed by atoms with Crippen LogP contribution >= 0.6 is 11.8 Å². The van der Waals surface area contributed by atoms with Gasteiger partial charge < -0.3 is 67.1 Å². The van der Waals surface area contributed by atoms with E-state index in [2.05, 4.69) is 84.7 Å². The fourth-order valence-electron chi connectivity index (χ4n) is 18.2. The molecule has 6 aliphatic heterocycles. The van der Waals surface area contributed by atoms with Gasteiger partial charge >= 0.3 is 11.9 Å². The third-order valence-electron chi connectivity index (χ3n) is 25.6. The minimum atomic E-state index is -0.583. The number of imide groups is 2. The molecule has 2 saturated carbocycles. The van der Waals surface area contributed by atoms with Gasteiger partial charge in [-0.25, -0.2) is 19.4 Å². The summed E-state index contributed by atoms with van der Waals surface area (Å²) in [6, 6.07) is 59.3. The second kappa shape index (κ2) is 47.7. The van der Waals surface area contributed by atoms with Crippen LogP contribution in [0, 0.1) is 51.4 Å². The Hall–Kier alpha value is -13.9. The number of aryl methyl sites for hydroxylation is 3. The molecule has 9 aromatic carbocycles. The van der Waals surface area contributed by atoms with E-state index in [1.807, 2.05) is 109 Å². The Bertz CT molecular complexity index is 6150. The van der Waals surface area contributed by atoms with E-state index in [9.17, 15) is 48.9 Å². The molecule has 2 aromatic heterocycles. The van der Waals surface area contributed by atoms with Crippen molar-refractivity contribution in [2.45, 2.75) is 136 Å². The van der Waals surface area contributed by atoms with E-state index < -0.39 is 23.8 Å². The largest absolute Gasteiger partial charge is 0.508 e. The first-order valence-electron chi connectivity index (χ1n) is 46.4. The van der Waals surface area contributed by atoms with Gasteiger partial charge in [0.15, 0.2) is 23.0 Å². The number of amides is 4. The molecule has 0 spiro atoms. The molecule has 7 unspecified atom stereocenters. The topological polar surface area (TPSA) is 323 Å². The highest BCUT2D eigenvalue weighted by atomic mass is 32.2. The molecular weight excluding hydrogens is 1770 g/mol. The number of anilines is 2. The number of ether oxygens (including phenoxy) is 10. The third-order valence-corrected chi connectivity index (χ3v) is 26.8. The highest BCUT2D eigenvalue weighted by Gasteiger charge is 2.59. The number of carbonyl (C=O) groups is 7. The van der Waals surface area contributed by atoms with Gasteiger partial charge in [0.1, 0.15) is 58.2 Å². The average molecular weight is 1890 g/mol. The first-order chi connectivity index (χ1) is 66.9. The maximum absolute atomic E-state index is 12.7. The minimum Gasteiger partial charge on any atom is -0.508 e. The molecule has 4 amide bonds. The highest BCUT2D eigenvalue weighted by Crippen LogP contribution is 2.54. The number of methoxy groups -OCH3 is 3. The van der Waals surface area contributed by atoms with E-state index in [0.717, 1.165) is 107 Å². The summed E-state index contributed by atoms with van der Waals surface area (Å²) in [5, 5.41) is 34.4. The van der Waals surface area contributed by atoms with E-state index in [0.29, 0.717) is 66.7 Å². The first-order valence-corrected chi connectivity index (χ1v) is 47.4. The van der Waals surface area contributed by atoms with E-state index in [1.54, 1.807) is 108 Å². The van der Waals surface area contributed by atoms with Crippen LogP contribution in [0.5, 0.6) is 57.5 Å². The molecule has 5 fully saturated rings. The summed E-state index contributed by atoms with van der Waals surface area (Å²) in [5.41, 5.74) is 14.5. The summed E-state index contributed by atoms with van der Waals surface area (Å²) in [4.78, 5) is 94.0. The summed E-state index contributed by atoms with van der Waals surface area (Å²) >= 11 is 1.65. The second-order valence-electron chi connectivity index (χ2n) is 34.6. The van der Waals surface area contributed by atoms with E-state index in [-0.39, 0.29) is 106 Å². The maximum atomic E-state index is 12.7. The highest BCUT2D eigenvalue weighted by molar-refractivity contribution is 7.99. The molecule has 8 heterocycles. The van der Waals surface area contributed by atoms with Crippen LogP contribution in [0.4, 0.5) is 11.4 Å². The van der Waals surface area contributed by atoms with Crippen LogP contribution in [0.2, 0.25) is 0 Å². The molecule has 720 valence electrons. The van der Waals surface area contributed by atoms with Crippen LogP contribution in [0.25, 0.3) is 10.9 Å². The number of aromatic hydroxyl groups is 3. The molecule has 138 heavy (non-hydrogen) atoms. The third kappa shape index (κ3) is 24.7. The Morgan fingerprint density at radius 2 is 1.34 bits per heavy atom. The fourth-order valence-corrected chi connectivity index (χ4v) is 19.6. The quantitative estimate of drug-likeness (QED) is 0.0161. The van der Waals surface area contributed by atoms with Crippen LogP contribution < -0.4 is 48.3 Å². The number of ketones is 1. The summed E-state index contributed by atoms with van der Waals surface area (Å²) in [7, 11) is 4.90. The van der Waals surface area contributed by atoms with Crippen molar-refractivity contribution < 1.29 is 101 Å². The normalized spacial score (nSPS) is 18.8. The number of aromatic nitrogens is 1. The number of thioether (sulfide) groups is 1. The summed E-state index contributed by atoms with van der Waals surface area (Å²) in [6.07, 6.45) is 19.6. The van der Waals surface area contributed by atoms with Gasteiger partial charge in [0.25, 0.3) is 11.8 Å². The summed E-state index contributed by atoms with van der Waals surface area (Å²) in [5.74, 6) is 4.83. The molecule has 0 radical (unpaired) electrons. The Labute approximate surface area is 808 Å². The van der Waals surface area contributed by atoms with Crippen molar-refractivity contribution in [1.82, 2.24) is 20.1 Å². The Balaban J connectivity index is 0.000000130. The van der Waals surface area contributed by atoms with Gasteiger partial charge in [-0.1, -0.05) is 141 Å². The number of benzene rings is 9. The minimum absolute atomic E-state index is 0.0279. The van der Waals surface area contributed by atoms with Crippen LogP contribution in [-0.4, -0.2) is 157 Å². The van der Waals surface area contributed by atoms with Crippen molar-refractivity contribution in [1.29, 1.82) is 0 Å². The number of fused-ring (bicyclic) bond motifs is 8. The molecule has 9 aliphatic rings. The predicted octanol–water partition coefficient (Wildman–Crippen LogP) is 18.8. The first kappa shape index (κ1) is 100. The molecule has 11 aromatic rings. The lowest BCUT2D eigenvalue weighted by Crippen LogP contribution is -2.39. The molecule has 3 saturated heterocycles. The van der Waals surface area contributed by atoms with Crippen molar-refractivity contribution >= 4 is 75.4 Å². The van der Waals surface area contributed by atoms with Gasteiger partial charge in [0.2, 0.25) is 18.6 Å². The Morgan fingerprint density at radius 1 is 0.652 bits per heavy atom. The lowest BCUT2D eigenvalue weighted by atomic mass is 9.85. The maximum Gasteiger partial charge on any atom is 0.340 e. The number of hydrogen-bond donors (Lipinski definition) is 4.